The van der Waals surface area contributed by atoms with Gasteiger partial charge < -0.3 is 15.2 Å². The van der Waals surface area contributed by atoms with E-state index in [-0.39, 0.29) is 0 Å². The summed E-state index contributed by atoms with van der Waals surface area (Å²) in [7, 11) is 1.60. The van der Waals surface area contributed by atoms with Gasteiger partial charge in [-0.05, 0) is 19.9 Å². The van der Waals surface area contributed by atoms with E-state index < -0.39 is 11.4 Å². The van der Waals surface area contributed by atoms with Crippen molar-refractivity contribution in [2.75, 3.05) is 20.2 Å². The minimum atomic E-state index is -0.755. The van der Waals surface area contributed by atoms with Crippen LogP contribution in [0, 0.1) is 12.3 Å². The molecule has 0 aromatic carbocycles. The van der Waals surface area contributed by atoms with Crippen LogP contribution in [0.2, 0.25) is 0 Å². The average Bonchev–Trinajstić information content (AvgIpc) is 2.78. The van der Waals surface area contributed by atoms with E-state index >= 15 is 0 Å². The maximum atomic E-state index is 11.5. The number of carboxylic acid groups (broad SMARTS) is 1. The molecule has 1 aromatic heterocycles. The lowest BCUT2D eigenvalue weighted by atomic mass is 9.82. The Kier molecular flexibility index (Phi) is 3.52. The van der Waals surface area contributed by atoms with Gasteiger partial charge in [0.1, 0.15) is 5.75 Å². The lowest BCUT2D eigenvalue weighted by molar-refractivity contribution is -0.147. The number of carbonyl (C=O) groups is 1. The van der Waals surface area contributed by atoms with E-state index in [0.717, 1.165) is 23.7 Å². The molecule has 0 saturated carbocycles. The first-order valence-corrected chi connectivity index (χ1v) is 6.01. The Hall–Kier alpha value is -1.62. The van der Waals surface area contributed by atoms with Crippen molar-refractivity contribution in [3.63, 3.8) is 0 Å². The molecule has 0 bridgehead atoms. The van der Waals surface area contributed by atoms with Gasteiger partial charge in [-0.1, -0.05) is 0 Å². The highest BCUT2D eigenvalue weighted by Gasteiger charge is 2.41. The summed E-state index contributed by atoms with van der Waals surface area (Å²) < 4.78 is 5.19. The van der Waals surface area contributed by atoms with Crippen LogP contribution in [0.3, 0.4) is 0 Å². The molecule has 5 nitrogen and oxygen atoms in total. The average molecular weight is 250 g/mol. The molecule has 1 saturated heterocycles. The number of aryl methyl sites for hydroxylation is 1. The van der Waals surface area contributed by atoms with Crippen molar-refractivity contribution in [1.82, 2.24) is 10.3 Å². The zero-order valence-corrected chi connectivity index (χ0v) is 10.7. The topological polar surface area (TPSA) is 71.5 Å². The molecule has 1 atom stereocenters. The van der Waals surface area contributed by atoms with Crippen LogP contribution in [0.15, 0.2) is 12.1 Å². The quantitative estimate of drug-likeness (QED) is 0.834. The zero-order valence-electron chi connectivity index (χ0n) is 10.7. The fraction of sp³-hybridized carbons (Fsp3) is 0.538. The van der Waals surface area contributed by atoms with Gasteiger partial charge in [0.05, 0.1) is 12.5 Å². The Labute approximate surface area is 106 Å². The van der Waals surface area contributed by atoms with Crippen molar-refractivity contribution >= 4 is 5.97 Å². The Morgan fingerprint density at radius 1 is 1.61 bits per heavy atom. The highest BCUT2D eigenvalue weighted by molar-refractivity contribution is 5.75. The number of carboxylic acids is 1. The first-order chi connectivity index (χ1) is 8.55. The second-order valence-corrected chi connectivity index (χ2v) is 4.83. The van der Waals surface area contributed by atoms with Crippen LogP contribution in [0.25, 0.3) is 0 Å². The van der Waals surface area contributed by atoms with Crippen LogP contribution in [-0.2, 0) is 11.2 Å². The van der Waals surface area contributed by atoms with Gasteiger partial charge in [-0.3, -0.25) is 9.78 Å². The summed E-state index contributed by atoms with van der Waals surface area (Å²) in [6.07, 6.45) is 1.08. The summed E-state index contributed by atoms with van der Waals surface area (Å²) in [6, 6.07) is 3.65. The van der Waals surface area contributed by atoms with E-state index in [1.165, 1.54) is 0 Å². The third-order valence-electron chi connectivity index (χ3n) is 3.43. The maximum absolute atomic E-state index is 11.5. The molecule has 0 radical (unpaired) electrons. The molecule has 1 aliphatic heterocycles. The van der Waals surface area contributed by atoms with Crippen LogP contribution in [0.5, 0.6) is 5.75 Å². The number of hydrogen-bond acceptors (Lipinski definition) is 4. The maximum Gasteiger partial charge on any atom is 0.311 e. The number of methoxy groups -OCH3 is 1. The number of rotatable bonds is 4. The molecular formula is C13H18N2O3. The summed E-state index contributed by atoms with van der Waals surface area (Å²) in [5.74, 6) is -0.0289. The van der Waals surface area contributed by atoms with Crippen molar-refractivity contribution in [3.8, 4) is 5.75 Å². The Balaban J connectivity index is 2.26. The van der Waals surface area contributed by atoms with Gasteiger partial charge in [0.2, 0.25) is 0 Å². The molecule has 1 unspecified atom stereocenters. The first-order valence-electron chi connectivity index (χ1n) is 6.01. The molecule has 2 N–H and O–H groups in total. The predicted molar refractivity (Wildman–Crippen MR) is 66.8 cm³/mol. The SMILES string of the molecule is COc1cc(C)nc(CC2(C(=O)O)CCNC2)c1. The largest absolute Gasteiger partial charge is 0.497 e. The minimum Gasteiger partial charge on any atom is -0.497 e. The van der Waals surface area contributed by atoms with Crippen molar-refractivity contribution in [3.05, 3.63) is 23.5 Å². The smallest absolute Gasteiger partial charge is 0.311 e. The van der Waals surface area contributed by atoms with E-state index in [4.69, 9.17) is 4.74 Å². The lowest BCUT2D eigenvalue weighted by Crippen LogP contribution is -2.35. The molecule has 1 fully saturated rings. The fourth-order valence-electron chi connectivity index (χ4n) is 2.41. The van der Waals surface area contributed by atoms with E-state index in [2.05, 4.69) is 10.3 Å². The number of aromatic nitrogens is 1. The first kappa shape index (κ1) is 12.8. The van der Waals surface area contributed by atoms with Crippen molar-refractivity contribution in [2.24, 2.45) is 5.41 Å². The zero-order chi connectivity index (χ0) is 13.2. The van der Waals surface area contributed by atoms with E-state index in [0.29, 0.717) is 19.4 Å². The molecule has 98 valence electrons. The number of pyridine rings is 1. The normalized spacial score (nSPS) is 23.0. The molecule has 0 aliphatic carbocycles. The van der Waals surface area contributed by atoms with Gasteiger partial charge in [0.15, 0.2) is 0 Å². The molecule has 1 aliphatic rings. The Morgan fingerprint density at radius 2 is 2.39 bits per heavy atom. The van der Waals surface area contributed by atoms with Crippen LogP contribution in [0.4, 0.5) is 0 Å². The third-order valence-corrected chi connectivity index (χ3v) is 3.43. The van der Waals surface area contributed by atoms with E-state index in [1.807, 2.05) is 19.1 Å². The Morgan fingerprint density at radius 3 is 2.94 bits per heavy atom. The third kappa shape index (κ3) is 2.46. The van der Waals surface area contributed by atoms with Crippen LogP contribution >= 0.6 is 0 Å². The number of nitrogens with one attached hydrogen (secondary N) is 1. The van der Waals surface area contributed by atoms with Crippen molar-refractivity contribution < 1.29 is 14.6 Å². The van der Waals surface area contributed by atoms with Crippen molar-refractivity contribution in [1.29, 1.82) is 0 Å². The minimum absolute atomic E-state index is 0.438. The number of ether oxygens (including phenoxy) is 1. The molecule has 2 rings (SSSR count). The summed E-state index contributed by atoms with van der Waals surface area (Å²) in [5.41, 5.74) is 0.889. The molecule has 18 heavy (non-hydrogen) atoms. The van der Waals surface area contributed by atoms with E-state index in [1.54, 1.807) is 7.11 Å². The molecule has 5 heteroatoms. The summed E-state index contributed by atoms with van der Waals surface area (Å²) in [4.78, 5) is 15.9. The van der Waals surface area contributed by atoms with Gasteiger partial charge in [-0.15, -0.1) is 0 Å². The second-order valence-electron chi connectivity index (χ2n) is 4.83. The monoisotopic (exact) mass is 250 g/mol. The predicted octanol–water partition coefficient (Wildman–Crippen LogP) is 1.01. The summed E-state index contributed by atoms with van der Waals surface area (Å²) in [6.45, 7) is 3.13. The highest BCUT2D eigenvalue weighted by Crippen LogP contribution is 2.30. The second kappa shape index (κ2) is 4.94. The van der Waals surface area contributed by atoms with Gasteiger partial charge in [0, 0.05) is 36.5 Å². The molecule has 0 amide bonds. The lowest BCUT2D eigenvalue weighted by Gasteiger charge is -2.22. The molecule has 0 spiro atoms. The standard InChI is InChI=1S/C13H18N2O3/c1-9-5-11(18-2)6-10(15-9)7-13(12(16)17)3-4-14-8-13/h5-6,14H,3-4,7-8H2,1-2H3,(H,16,17). The summed E-state index contributed by atoms with van der Waals surface area (Å²) >= 11 is 0. The fourth-order valence-corrected chi connectivity index (χ4v) is 2.41. The number of nitrogens with zero attached hydrogens (tertiary/aromatic N) is 1. The van der Waals surface area contributed by atoms with Crippen LogP contribution < -0.4 is 10.1 Å². The number of aliphatic carboxylic acids is 1. The highest BCUT2D eigenvalue weighted by atomic mass is 16.5. The van der Waals surface area contributed by atoms with Crippen molar-refractivity contribution in [2.45, 2.75) is 19.8 Å². The van der Waals surface area contributed by atoms with Gasteiger partial charge in [-0.2, -0.15) is 0 Å². The number of hydrogen-bond donors (Lipinski definition) is 2. The van der Waals surface area contributed by atoms with Gasteiger partial charge >= 0.3 is 5.97 Å². The molecule has 2 heterocycles. The van der Waals surface area contributed by atoms with Gasteiger partial charge in [-0.25, -0.2) is 0 Å². The van der Waals surface area contributed by atoms with Gasteiger partial charge in [0.25, 0.3) is 0 Å². The van der Waals surface area contributed by atoms with Crippen LogP contribution in [0.1, 0.15) is 17.8 Å². The van der Waals surface area contributed by atoms with E-state index in [9.17, 15) is 9.90 Å². The molecule has 1 aromatic rings. The Bertz CT molecular complexity index is 454. The summed E-state index contributed by atoms with van der Waals surface area (Å²) in [5, 5.41) is 12.5. The molecular weight excluding hydrogens is 232 g/mol. The van der Waals surface area contributed by atoms with Crippen LogP contribution in [-0.4, -0.2) is 36.3 Å².